The molecule has 0 bridgehead atoms. The van der Waals surface area contributed by atoms with Gasteiger partial charge in [-0.3, -0.25) is 0 Å². The van der Waals surface area contributed by atoms with Crippen molar-refractivity contribution in [1.29, 1.82) is 0 Å². The monoisotopic (exact) mass is 240 g/mol. The van der Waals surface area contributed by atoms with Crippen LogP contribution in [0.5, 0.6) is 0 Å². The lowest BCUT2D eigenvalue weighted by Gasteiger charge is -2.42. The second kappa shape index (κ2) is 6.75. The van der Waals surface area contributed by atoms with Crippen LogP contribution < -0.4 is 0 Å². The fourth-order valence-electron chi connectivity index (χ4n) is 3.93. The van der Waals surface area contributed by atoms with E-state index in [2.05, 4.69) is 6.92 Å². The molecule has 0 amide bonds. The van der Waals surface area contributed by atoms with E-state index in [0.717, 1.165) is 17.8 Å². The molecule has 0 heterocycles. The summed E-state index contributed by atoms with van der Waals surface area (Å²) >= 11 is 0. The van der Waals surface area contributed by atoms with Crippen LogP contribution in [0.15, 0.2) is 0 Å². The van der Waals surface area contributed by atoms with E-state index in [1.165, 1.54) is 51.4 Å². The van der Waals surface area contributed by atoms with Gasteiger partial charge in [0.05, 0.1) is 6.10 Å². The van der Waals surface area contributed by atoms with Crippen molar-refractivity contribution in [2.45, 2.75) is 64.4 Å². The predicted molar refractivity (Wildman–Crippen MR) is 69.8 cm³/mol. The molecule has 2 aliphatic rings. The van der Waals surface area contributed by atoms with Crippen LogP contribution >= 0.6 is 0 Å². The molecule has 2 rings (SSSR count). The Hall–Kier alpha value is -0.0800. The summed E-state index contributed by atoms with van der Waals surface area (Å²) in [5.74, 6) is 2.97. The third-order valence-electron chi connectivity index (χ3n) is 4.79. The Morgan fingerprint density at radius 2 is 1.76 bits per heavy atom. The Balaban J connectivity index is 1.76. The van der Waals surface area contributed by atoms with Gasteiger partial charge in [0.25, 0.3) is 0 Å². The Kier molecular flexibility index (Phi) is 5.30. The molecule has 0 N–H and O–H groups in total. The van der Waals surface area contributed by atoms with Crippen molar-refractivity contribution in [2.24, 2.45) is 17.8 Å². The number of fused-ring (bicyclic) bond motifs is 1. The normalized spacial score (nSPS) is 37.8. The maximum atomic E-state index is 5.73. The summed E-state index contributed by atoms with van der Waals surface area (Å²) in [5, 5.41) is 0. The fourth-order valence-corrected chi connectivity index (χ4v) is 3.93. The molecule has 0 aromatic heterocycles. The van der Waals surface area contributed by atoms with Gasteiger partial charge < -0.3 is 9.47 Å². The summed E-state index contributed by atoms with van der Waals surface area (Å²) in [4.78, 5) is 0. The van der Waals surface area contributed by atoms with E-state index in [0.29, 0.717) is 12.9 Å². The largest absolute Gasteiger partial charge is 0.359 e. The van der Waals surface area contributed by atoms with Crippen molar-refractivity contribution in [3.8, 4) is 0 Å². The number of ether oxygens (including phenoxy) is 2. The standard InChI is InChI=1S/C15H28O2/c1-3-4-12-5-6-14-10-15(17-11-16-2)8-7-13(14)9-12/h12-15H,3-11H2,1-2H3. The summed E-state index contributed by atoms with van der Waals surface area (Å²) in [6, 6.07) is 0. The number of hydrogen-bond donors (Lipinski definition) is 0. The van der Waals surface area contributed by atoms with Gasteiger partial charge in [-0.15, -0.1) is 0 Å². The zero-order chi connectivity index (χ0) is 12.1. The molecule has 0 saturated heterocycles. The molecule has 17 heavy (non-hydrogen) atoms. The summed E-state index contributed by atoms with van der Waals surface area (Å²) in [5.41, 5.74) is 0. The summed E-state index contributed by atoms with van der Waals surface area (Å²) in [6.07, 6.45) is 11.6. The topological polar surface area (TPSA) is 18.5 Å². The van der Waals surface area contributed by atoms with Crippen LogP contribution in [0.2, 0.25) is 0 Å². The Morgan fingerprint density at radius 1 is 1.00 bits per heavy atom. The van der Waals surface area contributed by atoms with E-state index in [9.17, 15) is 0 Å². The number of rotatable bonds is 5. The van der Waals surface area contributed by atoms with Gasteiger partial charge in [0.15, 0.2) is 0 Å². The molecule has 0 aromatic rings. The zero-order valence-electron chi connectivity index (χ0n) is 11.5. The van der Waals surface area contributed by atoms with E-state index < -0.39 is 0 Å². The van der Waals surface area contributed by atoms with Crippen LogP contribution in [0.4, 0.5) is 0 Å². The summed E-state index contributed by atoms with van der Waals surface area (Å²) in [6.45, 7) is 2.79. The second-order valence-corrected chi connectivity index (χ2v) is 6.00. The highest BCUT2D eigenvalue weighted by molar-refractivity contribution is 4.86. The van der Waals surface area contributed by atoms with E-state index in [1.807, 2.05) is 0 Å². The van der Waals surface area contributed by atoms with Crippen LogP contribution in [0, 0.1) is 17.8 Å². The van der Waals surface area contributed by atoms with E-state index in [1.54, 1.807) is 7.11 Å². The van der Waals surface area contributed by atoms with Crippen LogP contribution in [-0.2, 0) is 9.47 Å². The van der Waals surface area contributed by atoms with Gasteiger partial charge in [0, 0.05) is 7.11 Å². The molecular formula is C15H28O2. The Bertz CT molecular complexity index is 217. The van der Waals surface area contributed by atoms with Gasteiger partial charge in [-0.25, -0.2) is 0 Å². The van der Waals surface area contributed by atoms with Gasteiger partial charge in [0.1, 0.15) is 6.79 Å². The van der Waals surface area contributed by atoms with Gasteiger partial charge in [-0.05, 0) is 49.9 Å². The average molecular weight is 240 g/mol. The molecule has 0 aromatic carbocycles. The van der Waals surface area contributed by atoms with Crippen LogP contribution in [0.1, 0.15) is 58.3 Å². The first kappa shape index (κ1) is 13.4. The second-order valence-electron chi connectivity index (χ2n) is 6.00. The molecule has 2 saturated carbocycles. The van der Waals surface area contributed by atoms with Crippen molar-refractivity contribution in [3.63, 3.8) is 0 Å². The van der Waals surface area contributed by atoms with E-state index in [4.69, 9.17) is 9.47 Å². The summed E-state index contributed by atoms with van der Waals surface area (Å²) < 4.78 is 10.7. The smallest absolute Gasteiger partial charge is 0.146 e. The maximum absolute atomic E-state index is 5.73. The minimum atomic E-state index is 0.471. The van der Waals surface area contributed by atoms with Gasteiger partial charge in [-0.2, -0.15) is 0 Å². The van der Waals surface area contributed by atoms with Gasteiger partial charge in [0.2, 0.25) is 0 Å². The van der Waals surface area contributed by atoms with Crippen LogP contribution in [0.3, 0.4) is 0 Å². The molecule has 0 aliphatic heterocycles. The molecule has 4 unspecified atom stereocenters. The first-order chi connectivity index (χ1) is 8.33. The maximum Gasteiger partial charge on any atom is 0.146 e. The van der Waals surface area contributed by atoms with Crippen LogP contribution in [-0.4, -0.2) is 20.0 Å². The fraction of sp³-hybridized carbons (Fsp3) is 1.00. The molecule has 0 spiro atoms. The van der Waals surface area contributed by atoms with Crippen molar-refractivity contribution >= 4 is 0 Å². The van der Waals surface area contributed by atoms with Gasteiger partial charge >= 0.3 is 0 Å². The lowest BCUT2D eigenvalue weighted by Crippen LogP contribution is -2.34. The number of methoxy groups -OCH3 is 1. The van der Waals surface area contributed by atoms with Crippen molar-refractivity contribution in [1.82, 2.24) is 0 Å². The first-order valence-electron chi connectivity index (χ1n) is 7.44. The average Bonchev–Trinajstić information content (AvgIpc) is 2.36. The van der Waals surface area contributed by atoms with Crippen LogP contribution in [0.25, 0.3) is 0 Å². The molecule has 2 aliphatic carbocycles. The zero-order valence-corrected chi connectivity index (χ0v) is 11.5. The molecule has 2 fully saturated rings. The van der Waals surface area contributed by atoms with Crippen molar-refractivity contribution in [3.05, 3.63) is 0 Å². The number of hydrogen-bond acceptors (Lipinski definition) is 2. The van der Waals surface area contributed by atoms with E-state index in [-0.39, 0.29) is 0 Å². The third-order valence-corrected chi connectivity index (χ3v) is 4.79. The molecule has 2 nitrogen and oxygen atoms in total. The Morgan fingerprint density at radius 3 is 2.53 bits per heavy atom. The molecule has 0 radical (unpaired) electrons. The highest BCUT2D eigenvalue weighted by Gasteiger charge is 2.35. The van der Waals surface area contributed by atoms with Crippen molar-refractivity contribution in [2.75, 3.05) is 13.9 Å². The predicted octanol–water partition coefficient (Wildman–Crippen LogP) is 3.99. The third kappa shape index (κ3) is 3.69. The van der Waals surface area contributed by atoms with E-state index >= 15 is 0 Å². The summed E-state index contributed by atoms with van der Waals surface area (Å²) in [7, 11) is 1.71. The SMILES string of the molecule is CCCC1CCC2CC(OCOC)CCC2C1. The van der Waals surface area contributed by atoms with Crippen molar-refractivity contribution < 1.29 is 9.47 Å². The highest BCUT2D eigenvalue weighted by atomic mass is 16.7. The Labute approximate surface area is 106 Å². The molecular weight excluding hydrogens is 212 g/mol. The lowest BCUT2D eigenvalue weighted by atomic mass is 9.66. The first-order valence-corrected chi connectivity index (χ1v) is 7.44. The minimum absolute atomic E-state index is 0.471. The quantitative estimate of drug-likeness (QED) is 0.676. The van der Waals surface area contributed by atoms with Gasteiger partial charge in [-0.1, -0.05) is 26.2 Å². The highest BCUT2D eigenvalue weighted by Crippen LogP contribution is 2.44. The molecule has 2 heteroatoms. The minimum Gasteiger partial charge on any atom is -0.359 e. The molecule has 4 atom stereocenters. The lowest BCUT2D eigenvalue weighted by molar-refractivity contribution is -0.0993. The molecule has 100 valence electrons.